The lowest BCUT2D eigenvalue weighted by Crippen LogP contribution is -2.33. The predicted molar refractivity (Wildman–Crippen MR) is 89.0 cm³/mol. The minimum absolute atomic E-state index is 0.327. The number of aromatic hydroxyl groups is 1. The van der Waals surface area contributed by atoms with E-state index in [4.69, 9.17) is 11.6 Å². The molecule has 1 atom stereocenters. The number of phenolic OH excluding ortho intramolecular Hbond substituents is 1. The Morgan fingerprint density at radius 3 is 2.43 bits per heavy atom. The third kappa shape index (κ3) is 5.41. The summed E-state index contributed by atoms with van der Waals surface area (Å²) in [6, 6.07) is 15.9. The predicted octanol–water partition coefficient (Wildman–Crippen LogP) is 4.20. The second-order valence-corrected chi connectivity index (χ2v) is 5.79. The molecule has 2 aromatic rings. The minimum atomic E-state index is 0.327. The van der Waals surface area contributed by atoms with Gasteiger partial charge in [0, 0.05) is 11.1 Å². The largest absolute Gasteiger partial charge is 0.508 e. The van der Waals surface area contributed by atoms with Crippen LogP contribution in [-0.4, -0.2) is 17.7 Å². The molecule has 0 aromatic heterocycles. The maximum Gasteiger partial charge on any atom is 0.115 e. The summed E-state index contributed by atoms with van der Waals surface area (Å²) in [5.74, 6) is 0.327. The molecule has 0 aliphatic rings. The molecular weight excluding hydrogens is 282 g/mol. The Morgan fingerprint density at radius 1 is 1.05 bits per heavy atom. The number of hydrogen-bond donors (Lipinski definition) is 2. The summed E-state index contributed by atoms with van der Waals surface area (Å²) < 4.78 is 0. The van der Waals surface area contributed by atoms with Gasteiger partial charge in [-0.15, -0.1) is 0 Å². The van der Waals surface area contributed by atoms with Gasteiger partial charge in [-0.25, -0.2) is 0 Å². The normalized spacial score (nSPS) is 12.3. The molecule has 0 saturated carbocycles. The number of halogens is 1. The van der Waals surface area contributed by atoms with E-state index in [0.717, 1.165) is 36.4 Å². The van der Waals surface area contributed by atoms with Crippen LogP contribution in [0.25, 0.3) is 0 Å². The standard InChI is InChI=1S/C18H22ClNO/c1-2-10-20-17(11-14-6-8-16(19)9-7-14)12-15-4-3-5-18(21)13-15/h3-9,13,17,20-21H,2,10-12H2,1H3. The van der Waals surface area contributed by atoms with Crippen molar-refractivity contribution in [1.82, 2.24) is 5.32 Å². The highest BCUT2D eigenvalue weighted by atomic mass is 35.5. The van der Waals surface area contributed by atoms with E-state index in [1.807, 2.05) is 24.3 Å². The molecule has 2 N–H and O–H groups in total. The van der Waals surface area contributed by atoms with Gasteiger partial charge in [-0.3, -0.25) is 0 Å². The highest BCUT2D eigenvalue weighted by Crippen LogP contribution is 2.16. The lowest BCUT2D eigenvalue weighted by molar-refractivity contribution is 0.471. The van der Waals surface area contributed by atoms with Crippen molar-refractivity contribution in [3.63, 3.8) is 0 Å². The molecule has 0 saturated heterocycles. The Balaban J connectivity index is 2.04. The molecule has 0 aliphatic carbocycles. The average Bonchev–Trinajstić information content (AvgIpc) is 2.47. The molecule has 2 rings (SSSR count). The molecule has 0 bridgehead atoms. The van der Waals surface area contributed by atoms with E-state index in [9.17, 15) is 5.11 Å². The number of hydrogen-bond acceptors (Lipinski definition) is 2. The third-order valence-electron chi connectivity index (χ3n) is 3.47. The van der Waals surface area contributed by atoms with Crippen LogP contribution in [0.3, 0.4) is 0 Å². The van der Waals surface area contributed by atoms with E-state index in [1.165, 1.54) is 5.56 Å². The van der Waals surface area contributed by atoms with Crippen LogP contribution in [0.4, 0.5) is 0 Å². The zero-order chi connectivity index (χ0) is 15.1. The fourth-order valence-corrected chi connectivity index (χ4v) is 2.56. The molecule has 3 heteroatoms. The highest BCUT2D eigenvalue weighted by molar-refractivity contribution is 6.30. The SMILES string of the molecule is CCCNC(Cc1ccc(Cl)cc1)Cc1cccc(O)c1. The van der Waals surface area contributed by atoms with Gasteiger partial charge in [0.1, 0.15) is 5.75 Å². The summed E-state index contributed by atoms with van der Waals surface area (Å²) >= 11 is 5.94. The minimum Gasteiger partial charge on any atom is -0.508 e. The zero-order valence-corrected chi connectivity index (χ0v) is 13.1. The second-order valence-electron chi connectivity index (χ2n) is 5.36. The van der Waals surface area contributed by atoms with E-state index >= 15 is 0 Å². The number of rotatable bonds is 7. The molecule has 0 fully saturated rings. The Morgan fingerprint density at radius 2 is 1.76 bits per heavy atom. The molecule has 21 heavy (non-hydrogen) atoms. The molecule has 2 nitrogen and oxygen atoms in total. The number of phenols is 1. The van der Waals surface area contributed by atoms with Gasteiger partial charge in [-0.2, -0.15) is 0 Å². The van der Waals surface area contributed by atoms with Gasteiger partial charge in [0.25, 0.3) is 0 Å². The summed E-state index contributed by atoms with van der Waals surface area (Å²) in [5, 5.41) is 13.9. The summed E-state index contributed by atoms with van der Waals surface area (Å²) in [7, 11) is 0. The first kappa shape index (κ1) is 15.9. The Bertz CT molecular complexity index is 553. The van der Waals surface area contributed by atoms with Crippen LogP contribution in [-0.2, 0) is 12.8 Å². The number of nitrogens with one attached hydrogen (secondary N) is 1. The molecule has 0 heterocycles. The van der Waals surface area contributed by atoms with Crippen molar-refractivity contribution in [3.8, 4) is 5.75 Å². The lowest BCUT2D eigenvalue weighted by Gasteiger charge is -2.19. The number of benzene rings is 2. The van der Waals surface area contributed by atoms with Crippen molar-refractivity contribution in [2.45, 2.75) is 32.2 Å². The van der Waals surface area contributed by atoms with Crippen molar-refractivity contribution in [1.29, 1.82) is 0 Å². The first-order valence-corrected chi connectivity index (χ1v) is 7.81. The van der Waals surface area contributed by atoms with E-state index in [0.29, 0.717) is 11.8 Å². The fraction of sp³-hybridized carbons (Fsp3) is 0.333. The molecular formula is C18H22ClNO. The second kappa shape index (κ2) is 8.06. The highest BCUT2D eigenvalue weighted by Gasteiger charge is 2.10. The Labute approximate surface area is 131 Å². The summed E-state index contributed by atoms with van der Waals surface area (Å²) in [6.45, 7) is 3.16. The summed E-state index contributed by atoms with van der Waals surface area (Å²) in [6.07, 6.45) is 2.96. The molecule has 0 aliphatic heterocycles. The van der Waals surface area contributed by atoms with E-state index in [1.54, 1.807) is 6.07 Å². The average molecular weight is 304 g/mol. The van der Waals surface area contributed by atoms with Crippen LogP contribution in [0.2, 0.25) is 5.02 Å². The van der Waals surface area contributed by atoms with Crippen LogP contribution in [0.1, 0.15) is 24.5 Å². The van der Waals surface area contributed by atoms with Gasteiger partial charge in [0.15, 0.2) is 0 Å². The van der Waals surface area contributed by atoms with E-state index < -0.39 is 0 Å². The van der Waals surface area contributed by atoms with Gasteiger partial charge in [-0.05, 0) is 61.2 Å². The maximum absolute atomic E-state index is 9.59. The van der Waals surface area contributed by atoms with Crippen molar-refractivity contribution in [2.75, 3.05) is 6.54 Å². The Hall–Kier alpha value is -1.51. The molecule has 0 amide bonds. The maximum atomic E-state index is 9.59. The van der Waals surface area contributed by atoms with Crippen molar-refractivity contribution in [2.24, 2.45) is 0 Å². The van der Waals surface area contributed by atoms with Crippen LogP contribution >= 0.6 is 11.6 Å². The van der Waals surface area contributed by atoms with Gasteiger partial charge in [0.05, 0.1) is 0 Å². The molecule has 0 spiro atoms. The van der Waals surface area contributed by atoms with E-state index in [-0.39, 0.29) is 0 Å². The molecule has 1 unspecified atom stereocenters. The van der Waals surface area contributed by atoms with Crippen molar-refractivity contribution in [3.05, 3.63) is 64.7 Å². The van der Waals surface area contributed by atoms with E-state index in [2.05, 4.69) is 30.4 Å². The van der Waals surface area contributed by atoms with Crippen LogP contribution < -0.4 is 5.32 Å². The van der Waals surface area contributed by atoms with Gasteiger partial charge >= 0.3 is 0 Å². The zero-order valence-electron chi connectivity index (χ0n) is 12.3. The molecule has 2 aromatic carbocycles. The molecule has 112 valence electrons. The van der Waals surface area contributed by atoms with Crippen molar-refractivity contribution < 1.29 is 5.11 Å². The monoisotopic (exact) mass is 303 g/mol. The summed E-state index contributed by atoms with van der Waals surface area (Å²) in [4.78, 5) is 0. The third-order valence-corrected chi connectivity index (χ3v) is 3.72. The fourth-order valence-electron chi connectivity index (χ4n) is 2.44. The molecule has 0 radical (unpaired) electrons. The van der Waals surface area contributed by atoms with Crippen molar-refractivity contribution >= 4 is 11.6 Å². The van der Waals surface area contributed by atoms with Gasteiger partial charge < -0.3 is 10.4 Å². The lowest BCUT2D eigenvalue weighted by atomic mass is 9.98. The van der Waals surface area contributed by atoms with Crippen LogP contribution in [0.5, 0.6) is 5.75 Å². The topological polar surface area (TPSA) is 32.3 Å². The first-order chi connectivity index (χ1) is 10.2. The Kier molecular flexibility index (Phi) is 6.09. The van der Waals surface area contributed by atoms with Crippen LogP contribution in [0.15, 0.2) is 48.5 Å². The van der Waals surface area contributed by atoms with Gasteiger partial charge in [-0.1, -0.05) is 42.8 Å². The smallest absolute Gasteiger partial charge is 0.115 e. The first-order valence-electron chi connectivity index (χ1n) is 7.43. The summed E-state index contributed by atoms with van der Waals surface area (Å²) in [5.41, 5.74) is 2.42. The van der Waals surface area contributed by atoms with Gasteiger partial charge in [0.2, 0.25) is 0 Å². The van der Waals surface area contributed by atoms with Crippen LogP contribution in [0, 0.1) is 0 Å². The quantitative estimate of drug-likeness (QED) is 0.803.